The van der Waals surface area contributed by atoms with Crippen LogP contribution in [0.3, 0.4) is 0 Å². The molecule has 0 atom stereocenters. The summed E-state index contributed by atoms with van der Waals surface area (Å²) in [6.45, 7) is 2.82. The number of alkyl halides is 1. The lowest BCUT2D eigenvalue weighted by Crippen LogP contribution is -2.09. The highest BCUT2D eigenvalue weighted by molar-refractivity contribution is 5.94. The molecule has 0 saturated carbocycles. The van der Waals surface area contributed by atoms with E-state index < -0.39 is 12.5 Å². The quantitative estimate of drug-likeness (QED) is 0.393. The first-order chi connectivity index (χ1) is 9.54. The van der Waals surface area contributed by atoms with Crippen molar-refractivity contribution in [2.24, 2.45) is 0 Å². The Balaban J connectivity index is 4.73. The zero-order valence-corrected chi connectivity index (χ0v) is 12.0. The fraction of sp³-hybridized carbons (Fsp3) is 0.438. The number of Topliss-reactive ketones (excluding diaryl/α,β-unsaturated/α-hetero) is 1. The highest BCUT2D eigenvalue weighted by Gasteiger charge is 2.04. The van der Waals surface area contributed by atoms with Gasteiger partial charge in [-0.25, -0.2) is 8.78 Å². The number of unbranched alkanes of at least 4 members (excludes halogenated alkanes) is 1. The van der Waals surface area contributed by atoms with Crippen LogP contribution in [0.4, 0.5) is 8.78 Å². The van der Waals surface area contributed by atoms with Crippen molar-refractivity contribution in [1.82, 2.24) is 5.32 Å². The summed E-state index contributed by atoms with van der Waals surface area (Å²) in [4.78, 5) is 11.7. The van der Waals surface area contributed by atoms with Crippen molar-refractivity contribution < 1.29 is 13.6 Å². The van der Waals surface area contributed by atoms with Crippen molar-refractivity contribution in [2.45, 2.75) is 39.5 Å². The molecule has 0 unspecified atom stereocenters. The van der Waals surface area contributed by atoms with Gasteiger partial charge in [-0.2, -0.15) is 0 Å². The Morgan fingerprint density at radius 1 is 1.45 bits per heavy atom. The Bertz CT molecular complexity index is 442. The summed E-state index contributed by atoms with van der Waals surface area (Å²) in [6.07, 6.45) is 11.1. The number of ketones is 1. The highest BCUT2D eigenvalue weighted by Crippen LogP contribution is 2.07. The summed E-state index contributed by atoms with van der Waals surface area (Å²) in [6, 6.07) is 0. The molecule has 0 aromatic heterocycles. The molecule has 110 valence electrons. The number of nitrogens with one attached hydrogen (secondary N) is 1. The molecule has 4 heteroatoms. The first-order valence-corrected chi connectivity index (χ1v) is 6.57. The maximum Gasteiger partial charge on any atom is 0.160 e. The van der Waals surface area contributed by atoms with Gasteiger partial charge >= 0.3 is 0 Å². The number of hydrogen-bond acceptors (Lipinski definition) is 2. The van der Waals surface area contributed by atoms with Gasteiger partial charge in [-0.1, -0.05) is 13.3 Å². The van der Waals surface area contributed by atoms with E-state index in [0.29, 0.717) is 17.7 Å². The van der Waals surface area contributed by atoms with Crippen LogP contribution in [0, 0.1) is 12.3 Å². The molecule has 0 aliphatic rings. The van der Waals surface area contributed by atoms with E-state index in [1.165, 1.54) is 6.20 Å². The second-order valence-corrected chi connectivity index (χ2v) is 4.29. The number of carbonyl (C=O) groups excluding carboxylic acids is 1. The Hall–Kier alpha value is -1.89. The second kappa shape index (κ2) is 11.0. The van der Waals surface area contributed by atoms with Gasteiger partial charge in [0.2, 0.25) is 0 Å². The van der Waals surface area contributed by atoms with Crippen LogP contribution in [-0.2, 0) is 4.79 Å². The molecule has 0 rings (SSSR count). The second-order valence-electron chi connectivity index (χ2n) is 4.29. The molecule has 0 radical (unpaired) electrons. The van der Waals surface area contributed by atoms with Crippen LogP contribution in [-0.4, -0.2) is 12.5 Å². The molecule has 0 spiro atoms. The third kappa shape index (κ3) is 8.25. The van der Waals surface area contributed by atoms with Gasteiger partial charge in [-0.15, -0.1) is 12.3 Å². The molecule has 0 fully saturated rings. The molecule has 1 N–H and O–H groups in total. The van der Waals surface area contributed by atoms with Crippen molar-refractivity contribution in [3.05, 3.63) is 35.4 Å². The maximum atomic E-state index is 13.2. The normalized spacial score (nSPS) is 13.1. The summed E-state index contributed by atoms with van der Waals surface area (Å²) in [5, 5.41) is 2.80. The van der Waals surface area contributed by atoms with Crippen LogP contribution in [0.5, 0.6) is 0 Å². The molecule has 0 aromatic carbocycles. The van der Waals surface area contributed by atoms with Gasteiger partial charge in [-0.05, 0) is 25.5 Å². The maximum absolute atomic E-state index is 13.2. The lowest BCUT2D eigenvalue weighted by molar-refractivity contribution is -0.115. The van der Waals surface area contributed by atoms with Gasteiger partial charge in [0.25, 0.3) is 0 Å². The lowest BCUT2D eigenvalue weighted by atomic mass is 10.1. The standard InChI is InChI=1S/C16H21F2NO/c1-4-6-8-16(20)13(3)12-19-15(7-5-2)11-14(18)9-10-17/h2,9,11-12,19H,4,6-8,10H2,1,3H3/b13-12-,14-9+,15-11+. The van der Waals surface area contributed by atoms with Crippen molar-refractivity contribution in [3.63, 3.8) is 0 Å². The van der Waals surface area contributed by atoms with Crippen LogP contribution < -0.4 is 5.32 Å². The summed E-state index contributed by atoms with van der Waals surface area (Å²) in [7, 11) is 0. The van der Waals surface area contributed by atoms with Crippen LogP contribution in [0.25, 0.3) is 0 Å². The molecule has 2 nitrogen and oxygen atoms in total. The van der Waals surface area contributed by atoms with Crippen molar-refractivity contribution in [1.29, 1.82) is 0 Å². The number of hydrogen-bond donors (Lipinski definition) is 1. The van der Waals surface area contributed by atoms with Crippen LogP contribution in [0.2, 0.25) is 0 Å². The van der Waals surface area contributed by atoms with Crippen molar-refractivity contribution >= 4 is 5.78 Å². The van der Waals surface area contributed by atoms with E-state index in [4.69, 9.17) is 6.42 Å². The molecule has 0 aliphatic carbocycles. The van der Waals surface area contributed by atoms with Crippen molar-refractivity contribution in [3.8, 4) is 12.3 Å². The van der Waals surface area contributed by atoms with Gasteiger partial charge in [0.05, 0.1) is 0 Å². The Morgan fingerprint density at radius 2 is 2.15 bits per heavy atom. The average Bonchev–Trinajstić information content (AvgIpc) is 2.42. The topological polar surface area (TPSA) is 29.1 Å². The first-order valence-electron chi connectivity index (χ1n) is 6.57. The third-order valence-corrected chi connectivity index (χ3v) is 2.55. The van der Waals surface area contributed by atoms with Gasteiger partial charge < -0.3 is 5.32 Å². The predicted molar refractivity (Wildman–Crippen MR) is 78.1 cm³/mol. The molecule has 20 heavy (non-hydrogen) atoms. The molecule has 0 heterocycles. The van der Waals surface area contributed by atoms with Crippen LogP contribution in [0.15, 0.2) is 35.4 Å². The third-order valence-electron chi connectivity index (χ3n) is 2.55. The first kappa shape index (κ1) is 18.1. The Kier molecular flexibility index (Phi) is 9.94. The average molecular weight is 281 g/mol. The van der Waals surface area contributed by atoms with E-state index >= 15 is 0 Å². The molecule has 0 saturated heterocycles. The van der Waals surface area contributed by atoms with Crippen molar-refractivity contribution in [2.75, 3.05) is 6.67 Å². The van der Waals surface area contributed by atoms with E-state index in [1.807, 2.05) is 6.92 Å². The van der Waals surface area contributed by atoms with E-state index in [1.54, 1.807) is 6.92 Å². The van der Waals surface area contributed by atoms with E-state index in [9.17, 15) is 13.6 Å². The lowest BCUT2D eigenvalue weighted by Gasteiger charge is -2.05. The van der Waals surface area contributed by atoms with Crippen LogP contribution in [0.1, 0.15) is 39.5 Å². The zero-order valence-electron chi connectivity index (χ0n) is 12.0. The highest BCUT2D eigenvalue weighted by atomic mass is 19.1. The van der Waals surface area contributed by atoms with Gasteiger partial charge in [-0.3, -0.25) is 4.79 Å². The summed E-state index contributed by atoms with van der Waals surface area (Å²) >= 11 is 0. The molecule has 0 aromatic rings. The minimum absolute atomic E-state index is 0.0409. The molecule has 0 aliphatic heterocycles. The summed E-state index contributed by atoms with van der Waals surface area (Å²) in [5.41, 5.74) is 0.952. The fourth-order valence-electron chi connectivity index (χ4n) is 1.37. The number of carbonyl (C=O) groups is 1. The summed E-state index contributed by atoms with van der Waals surface area (Å²) in [5.74, 6) is 1.71. The number of halogens is 2. The zero-order chi connectivity index (χ0) is 15.4. The summed E-state index contributed by atoms with van der Waals surface area (Å²) < 4.78 is 25.1. The van der Waals surface area contributed by atoms with Gasteiger partial charge in [0.15, 0.2) is 5.78 Å². The largest absolute Gasteiger partial charge is 0.364 e. The van der Waals surface area contributed by atoms with Gasteiger partial charge in [0.1, 0.15) is 12.5 Å². The number of rotatable bonds is 9. The minimum atomic E-state index is -0.879. The molecule has 0 amide bonds. The van der Waals surface area contributed by atoms with E-state index in [2.05, 4.69) is 11.2 Å². The predicted octanol–water partition coefficient (Wildman–Crippen LogP) is 3.97. The molecular formula is C16H21F2NO. The smallest absolute Gasteiger partial charge is 0.160 e. The SMILES string of the molecule is C#CC/C(=C\C(F)=C/CF)N/C=C(/C)C(=O)CCCC. The minimum Gasteiger partial charge on any atom is -0.364 e. The Morgan fingerprint density at radius 3 is 2.70 bits per heavy atom. The molecule has 0 bridgehead atoms. The Labute approximate surface area is 119 Å². The number of allylic oxidation sites excluding steroid dienone is 5. The number of terminal acetylenes is 1. The van der Waals surface area contributed by atoms with Crippen LogP contribution >= 0.6 is 0 Å². The van der Waals surface area contributed by atoms with E-state index in [-0.39, 0.29) is 12.2 Å². The monoisotopic (exact) mass is 281 g/mol. The van der Waals surface area contributed by atoms with Gasteiger partial charge in [0, 0.05) is 30.3 Å². The fourth-order valence-corrected chi connectivity index (χ4v) is 1.37. The molecular weight excluding hydrogens is 260 g/mol. The van der Waals surface area contributed by atoms with E-state index in [0.717, 1.165) is 25.0 Å².